The molecule has 0 bridgehead atoms. The van der Waals surface area contributed by atoms with Gasteiger partial charge in [-0.1, -0.05) is 55.5 Å². The number of carboxylic acids is 1. The van der Waals surface area contributed by atoms with Crippen LogP contribution in [0.5, 0.6) is 0 Å². The fourth-order valence-corrected chi connectivity index (χ4v) is 3.73. The largest absolute Gasteiger partial charge is 0.477 e. The number of carboxylic acid groups (broad SMARTS) is 1. The van der Waals surface area contributed by atoms with Gasteiger partial charge in [0.25, 0.3) is 0 Å². The number of anilines is 1. The number of rotatable bonds is 10. The van der Waals surface area contributed by atoms with Crippen LogP contribution in [0.4, 0.5) is 10.1 Å². The molecule has 4 nitrogen and oxygen atoms in total. The van der Waals surface area contributed by atoms with Gasteiger partial charge in [0, 0.05) is 9.78 Å². The van der Waals surface area contributed by atoms with E-state index in [1.54, 1.807) is 19.1 Å². The Labute approximate surface area is 172 Å². The van der Waals surface area contributed by atoms with Crippen LogP contribution >= 0.6 is 23.4 Å². The molecule has 0 saturated heterocycles. The zero-order chi connectivity index (χ0) is 20.5. The topological polar surface area (TPSA) is 58.6 Å². The summed E-state index contributed by atoms with van der Waals surface area (Å²) in [5.74, 6) is -1.19. The Balaban J connectivity index is 2.10. The van der Waals surface area contributed by atoms with Gasteiger partial charge in [-0.25, -0.2) is 9.18 Å². The second-order valence-corrected chi connectivity index (χ2v) is 7.68. The van der Waals surface area contributed by atoms with Crippen molar-refractivity contribution in [3.05, 3.63) is 76.3 Å². The molecular weight excluding hydrogens is 397 g/mol. The molecule has 2 rings (SSSR count). The summed E-state index contributed by atoms with van der Waals surface area (Å²) in [5, 5.41) is 9.45. The molecule has 0 aliphatic heterocycles. The van der Waals surface area contributed by atoms with Crippen molar-refractivity contribution >= 4 is 35.0 Å². The smallest absolute Gasteiger partial charge is 0.348 e. The van der Waals surface area contributed by atoms with Gasteiger partial charge >= 0.3 is 5.97 Å². The number of halogens is 1. The van der Waals surface area contributed by atoms with Gasteiger partial charge in [-0.15, -0.1) is 11.3 Å². The lowest BCUT2D eigenvalue weighted by atomic mass is 10.2. The lowest BCUT2D eigenvalue weighted by Crippen LogP contribution is -2.00. The van der Waals surface area contributed by atoms with Crippen LogP contribution in [0.3, 0.4) is 0 Å². The molecule has 2 N–H and O–H groups in total. The van der Waals surface area contributed by atoms with Gasteiger partial charge in [-0.05, 0) is 37.5 Å². The monoisotopic (exact) mass is 419 g/mol. The van der Waals surface area contributed by atoms with Gasteiger partial charge in [0.2, 0.25) is 0 Å². The molecule has 0 aliphatic carbocycles. The molecule has 0 spiro atoms. The number of hydrogen-bond donors (Lipinski definition) is 2. The Bertz CT molecular complexity index is 888. The van der Waals surface area contributed by atoms with Crippen LogP contribution in [0, 0.1) is 0 Å². The van der Waals surface area contributed by atoms with E-state index in [-0.39, 0.29) is 10.7 Å². The van der Waals surface area contributed by atoms with Gasteiger partial charge in [0.1, 0.15) is 4.88 Å². The molecule has 0 atom stereocenters. The van der Waals surface area contributed by atoms with Crippen LogP contribution in [0.1, 0.15) is 36.4 Å². The zero-order valence-corrected chi connectivity index (χ0v) is 17.3. The Morgan fingerprint density at radius 2 is 2.11 bits per heavy atom. The van der Waals surface area contributed by atoms with Crippen molar-refractivity contribution in [2.75, 3.05) is 5.48 Å². The first kappa shape index (κ1) is 21.9. The zero-order valence-electron chi connectivity index (χ0n) is 15.7. The van der Waals surface area contributed by atoms with E-state index in [0.29, 0.717) is 18.5 Å². The molecule has 1 aromatic heterocycles. The predicted molar refractivity (Wildman–Crippen MR) is 116 cm³/mol. The third kappa shape index (κ3) is 6.09. The van der Waals surface area contributed by atoms with Crippen molar-refractivity contribution in [1.29, 1.82) is 0 Å². The standard InChI is InChI=1S/C21H22FNO3S2/c1-4-16(22)12-11-14(3)18(5-2)28-26-23-17-13-19(27-20(17)21(24)25)15-9-7-6-8-10-15/h5-10,12-13,23H,2,4,11H2,1,3H3,(H,24,25)/b16-12+,18-14+. The minimum absolute atomic E-state index is 0.160. The Hall–Kier alpha value is -2.35. The average Bonchev–Trinajstić information content (AvgIpc) is 3.14. The van der Waals surface area contributed by atoms with Crippen molar-refractivity contribution in [3.63, 3.8) is 0 Å². The first-order valence-electron chi connectivity index (χ1n) is 8.65. The number of nitrogens with one attached hydrogen (secondary N) is 1. The van der Waals surface area contributed by atoms with Crippen molar-refractivity contribution in [2.45, 2.75) is 26.7 Å². The Morgan fingerprint density at radius 1 is 1.39 bits per heavy atom. The fourth-order valence-electron chi connectivity index (χ4n) is 2.27. The number of thiophene rings is 1. The van der Waals surface area contributed by atoms with Crippen LogP contribution in [0.25, 0.3) is 10.4 Å². The molecule has 1 heterocycles. The quantitative estimate of drug-likeness (QED) is 0.242. The van der Waals surface area contributed by atoms with E-state index in [1.165, 1.54) is 17.4 Å². The van der Waals surface area contributed by atoms with E-state index >= 15 is 0 Å². The molecule has 0 aliphatic rings. The highest BCUT2D eigenvalue weighted by Gasteiger charge is 2.17. The predicted octanol–water partition coefficient (Wildman–Crippen LogP) is 7.22. The van der Waals surface area contributed by atoms with Crippen LogP contribution in [-0.2, 0) is 4.28 Å². The second-order valence-electron chi connectivity index (χ2n) is 5.85. The van der Waals surface area contributed by atoms with Gasteiger partial charge in [0.05, 0.1) is 23.6 Å². The normalized spacial score (nSPS) is 12.5. The molecule has 0 amide bonds. The Kier molecular flexibility index (Phi) is 8.50. The molecule has 7 heteroatoms. The molecule has 0 unspecified atom stereocenters. The maximum atomic E-state index is 13.3. The summed E-state index contributed by atoms with van der Waals surface area (Å²) in [6.07, 6.45) is 3.97. The van der Waals surface area contributed by atoms with Gasteiger partial charge < -0.3 is 5.11 Å². The van der Waals surface area contributed by atoms with Gasteiger partial charge in [-0.3, -0.25) is 5.48 Å². The van der Waals surface area contributed by atoms with Crippen LogP contribution in [-0.4, -0.2) is 11.1 Å². The summed E-state index contributed by atoms with van der Waals surface area (Å²) in [4.78, 5) is 13.3. The summed E-state index contributed by atoms with van der Waals surface area (Å²) in [6, 6.07) is 11.3. The second kappa shape index (κ2) is 10.8. The van der Waals surface area contributed by atoms with Crippen LogP contribution in [0.2, 0.25) is 0 Å². The van der Waals surface area contributed by atoms with Crippen molar-refractivity contribution < 1.29 is 18.6 Å². The molecule has 0 saturated carbocycles. The van der Waals surface area contributed by atoms with Crippen LogP contribution < -0.4 is 5.48 Å². The summed E-state index contributed by atoms with van der Waals surface area (Å²) >= 11 is 2.19. The minimum Gasteiger partial charge on any atom is -0.477 e. The van der Waals surface area contributed by atoms with E-state index in [9.17, 15) is 14.3 Å². The van der Waals surface area contributed by atoms with Crippen molar-refractivity contribution in [3.8, 4) is 10.4 Å². The van der Waals surface area contributed by atoms with E-state index < -0.39 is 5.97 Å². The highest BCUT2D eigenvalue weighted by atomic mass is 32.2. The molecule has 2 aromatic rings. The third-order valence-corrected chi connectivity index (χ3v) is 5.87. The maximum absolute atomic E-state index is 13.3. The van der Waals surface area contributed by atoms with E-state index in [2.05, 4.69) is 12.1 Å². The fraction of sp³-hybridized carbons (Fsp3) is 0.190. The van der Waals surface area contributed by atoms with Crippen molar-refractivity contribution in [2.24, 2.45) is 0 Å². The van der Waals surface area contributed by atoms with E-state index in [1.807, 2.05) is 37.3 Å². The van der Waals surface area contributed by atoms with Gasteiger partial charge in [-0.2, -0.15) is 4.28 Å². The molecule has 0 radical (unpaired) electrons. The SMILES string of the molecule is C=C/C(SONc1cc(-c2ccccc2)sc1C(=O)O)=C(/C)C/C=C(/F)CC. The summed E-state index contributed by atoms with van der Waals surface area (Å²) in [6.45, 7) is 7.38. The number of benzene rings is 1. The molecule has 1 aromatic carbocycles. The average molecular weight is 420 g/mol. The lowest BCUT2D eigenvalue weighted by Gasteiger charge is -2.08. The lowest BCUT2D eigenvalue weighted by molar-refractivity contribution is 0.0702. The first-order chi connectivity index (χ1) is 13.5. The number of carbonyl (C=O) groups is 1. The first-order valence-corrected chi connectivity index (χ1v) is 10.2. The van der Waals surface area contributed by atoms with E-state index in [4.69, 9.17) is 4.28 Å². The van der Waals surface area contributed by atoms with Crippen LogP contribution in [0.15, 0.2) is 71.4 Å². The molecule has 0 fully saturated rings. The minimum atomic E-state index is -1.03. The highest BCUT2D eigenvalue weighted by molar-refractivity contribution is 7.98. The summed E-state index contributed by atoms with van der Waals surface area (Å²) in [7, 11) is 0. The molecule has 148 valence electrons. The summed E-state index contributed by atoms with van der Waals surface area (Å²) < 4.78 is 18.7. The highest BCUT2D eigenvalue weighted by Crippen LogP contribution is 2.36. The number of allylic oxidation sites excluding steroid dienone is 4. The van der Waals surface area contributed by atoms with E-state index in [0.717, 1.165) is 33.0 Å². The summed E-state index contributed by atoms with van der Waals surface area (Å²) in [5.41, 5.74) is 4.91. The van der Waals surface area contributed by atoms with Gasteiger partial charge in [0.15, 0.2) is 0 Å². The third-order valence-electron chi connectivity index (χ3n) is 3.84. The molecule has 28 heavy (non-hydrogen) atoms. The Morgan fingerprint density at radius 3 is 2.71 bits per heavy atom. The molecular formula is C21H22FNO3S2. The number of aromatic carboxylic acids is 1. The maximum Gasteiger partial charge on any atom is 0.348 e. The van der Waals surface area contributed by atoms with Crippen molar-refractivity contribution in [1.82, 2.24) is 0 Å². The number of hydrogen-bond acceptors (Lipinski definition) is 5.